The van der Waals surface area contributed by atoms with Crippen LogP contribution in [0.1, 0.15) is 42.4 Å². The van der Waals surface area contributed by atoms with Crippen molar-refractivity contribution in [2.45, 2.75) is 46.1 Å². The van der Waals surface area contributed by atoms with E-state index in [4.69, 9.17) is 9.15 Å². The third-order valence-electron chi connectivity index (χ3n) is 6.13. The highest BCUT2D eigenvalue weighted by molar-refractivity contribution is 6.07. The Labute approximate surface area is 167 Å². The number of carbonyl (C=O) groups is 3. The molecule has 0 radical (unpaired) electrons. The van der Waals surface area contributed by atoms with Crippen LogP contribution < -0.4 is 5.63 Å². The van der Waals surface area contributed by atoms with Gasteiger partial charge < -0.3 is 9.15 Å². The second kappa shape index (κ2) is 7.46. The van der Waals surface area contributed by atoms with E-state index in [0.29, 0.717) is 29.4 Å². The van der Waals surface area contributed by atoms with Crippen molar-refractivity contribution in [3.8, 4) is 0 Å². The van der Waals surface area contributed by atoms with Crippen LogP contribution in [0.25, 0.3) is 11.0 Å². The number of hydrogen-bond acceptors (Lipinski definition) is 6. The van der Waals surface area contributed by atoms with Crippen LogP contribution in [0.2, 0.25) is 0 Å². The molecule has 1 aliphatic heterocycles. The minimum atomic E-state index is -0.671. The van der Waals surface area contributed by atoms with Gasteiger partial charge in [0.15, 0.2) is 0 Å². The molecule has 4 rings (SSSR count). The van der Waals surface area contributed by atoms with E-state index in [1.165, 1.54) is 6.07 Å². The van der Waals surface area contributed by atoms with Gasteiger partial charge in [-0.15, -0.1) is 0 Å². The minimum Gasteiger partial charge on any atom is -0.459 e. The summed E-state index contributed by atoms with van der Waals surface area (Å²) in [6.07, 6.45) is 3.26. The van der Waals surface area contributed by atoms with Gasteiger partial charge in [-0.25, -0.2) is 4.79 Å². The van der Waals surface area contributed by atoms with E-state index in [9.17, 15) is 19.2 Å². The lowest BCUT2D eigenvalue weighted by molar-refractivity contribution is -0.153. The van der Waals surface area contributed by atoms with Crippen LogP contribution in [0.5, 0.6) is 0 Å². The van der Waals surface area contributed by atoms with Crippen molar-refractivity contribution in [3.05, 3.63) is 45.3 Å². The van der Waals surface area contributed by atoms with Gasteiger partial charge in [-0.1, -0.05) is 25.0 Å². The predicted octanol–water partition coefficient (Wildman–Crippen LogP) is 2.63. The molecule has 1 saturated heterocycles. The maximum Gasteiger partial charge on any atom is 0.336 e. The zero-order valence-electron chi connectivity index (χ0n) is 16.5. The van der Waals surface area contributed by atoms with Crippen molar-refractivity contribution < 1.29 is 23.5 Å². The summed E-state index contributed by atoms with van der Waals surface area (Å²) in [5.74, 6) is -1.80. The number of benzene rings is 1. The van der Waals surface area contributed by atoms with Crippen molar-refractivity contribution >= 4 is 28.8 Å². The summed E-state index contributed by atoms with van der Waals surface area (Å²) in [7, 11) is 0. The zero-order valence-corrected chi connectivity index (χ0v) is 16.5. The number of imide groups is 1. The molecule has 7 nitrogen and oxygen atoms in total. The molecule has 2 atom stereocenters. The number of nitrogens with zero attached hydrogens (tertiary/aromatic N) is 1. The number of rotatable bonds is 4. The fourth-order valence-electron chi connectivity index (χ4n) is 4.36. The molecule has 1 aliphatic carbocycles. The van der Waals surface area contributed by atoms with Crippen LogP contribution in [0.3, 0.4) is 0 Å². The number of ether oxygens (including phenoxy) is 1. The largest absolute Gasteiger partial charge is 0.459 e. The molecule has 2 amide bonds. The lowest BCUT2D eigenvalue weighted by Crippen LogP contribution is -2.36. The van der Waals surface area contributed by atoms with Crippen LogP contribution in [-0.4, -0.2) is 29.2 Å². The molecule has 2 heterocycles. The van der Waals surface area contributed by atoms with Gasteiger partial charge in [0.2, 0.25) is 11.8 Å². The van der Waals surface area contributed by atoms with Gasteiger partial charge in [0.05, 0.1) is 11.8 Å². The molecule has 2 unspecified atom stereocenters. The molecule has 1 saturated carbocycles. The minimum absolute atomic E-state index is 0.132. The van der Waals surface area contributed by atoms with E-state index in [1.807, 2.05) is 26.0 Å². The van der Waals surface area contributed by atoms with Crippen LogP contribution in [0.15, 0.2) is 27.4 Å². The maximum atomic E-state index is 12.5. The van der Waals surface area contributed by atoms with Crippen LogP contribution in [0, 0.1) is 25.7 Å². The highest BCUT2D eigenvalue weighted by Gasteiger charge is 2.48. The number of fused-ring (bicyclic) bond motifs is 2. The average molecular weight is 397 g/mol. The Hall–Kier alpha value is -2.96. The molecular weight excluding hydrogens is 374 g/mol. The Morgan fingerprint density at radius 2 is 1.76 bits per heavy atom. The molecule has 0 spiro atoms. The van der Waals surface area contributed by atoms with E-state index < -0.39 is 11.6 Å². The molecule has 1 aromatic heterocycles. The number of carbonyl (C=O) groups excluding carboxylic acids is 3. The number of amides is 2. The number of esters is 1. The van der Waals surface area contributed by atoms with Gasteiger partial charge >= 0.3 is 11.6 Å². The second-order valence-corrected chi connectivity index (χ2v) is 7.90. The first-order valence-corrected chi connectivity index (χ1v) is 9.90. The number of likely N-dealkylation sites (tertiary alicyclic amines) is 1. The SMILES string of the molecule is Cc1ccc2c(COC(=O)CN3C(=O)C4CCCCC4C3=O)cc(=O)oc2c1C. The second-order valence-electron chi connectivity index (χ2n) is 7.90. The van der Waals surface area contributed by atoms with Crippen molar-refractivity contribution in [2.24, 2.45) is 11.8 Å². The Kier molecular flexibility index (Phi) is 4.98. The standard InChI is InChI=1S/C22H23NO6/c1-12-7-8-15-14(9-18(24)29-20(15)13(12)2)11-28-19(25)10-23-21(26)16-5-3-4-6-17(16)22(23)27/h7-9,16-17H,3-6,10-11H2,1-2H3. The molecule has 2 aromatic rings. The van der Waals surface area contributed by atoms with Crippen molar-refractivity contribution in [1.82, 2.24) is 4.90 Å². The lowest BCUT2D eigenvalue weighted by Gasteiger charge is -2.19. The Balaban J connectivity index is 1.48. The Morgan fingerprint density at radius 3 is 2.41 bits per heavy atom. The highest BCUT2D eigenvalue weighted by atomic mass is 16.5. The third-order valence-corrected chi connectivity index (χ3v) is 6.13. The summed E-state index contributed by atoms with van der Waals surface area (Å²) >= 11 is 0. The van der Waals surface area contributed by atoms with E-state index >= 15 is 0 Å². The van der Waals surface area contributed by atoms with E-state index in [1.54, 1.807) is 0 Å². The van der Waals surface area contributed by atoms with Gasteiger partial charge in [0.1, 0.15) is 18.7 Å². The normalized spacial score (nSPS) is 21.5. The van der Waals surface area contributed by atoms with Gasteiger partial charge in [0, 0.05) is 17.0 Å². The molecule has 0 bridgehead atoms. The van der Waals surface area contributed by atoms with E-state index in [0.717, 1.165) is 28.9 Å². The van der Waals surface area contributed by atoms with Crippen LogP contribution in [-0.2, 0) is 25.7 Å². The summed E-state index contributed by atoms with van der Waals surface area (Å²) in [6.45, 7) is 3.26. The summed E-state index contributed by atoms with van der Waals surface area (Å²) < 4.78 is 10.6. The third kappa shape index (κ3) is 3.45. The monoisotopic (exact) mass is 397 g/mol. The topological polar surface area (TPSA) is 93.9 Å². The molecule has 1 aromatic carbocycles. The van der Waals surface area contributed by atoms with E-state index in [2.05, 4.69) is 0 Å². The van der Waals surface area contributed by atoms with Gasteiger partial charge in [-0.05, 0) is 37.8 Å². The maximum absolute atomic E-state index is 12.5. The van der Waals surface area contributed by atoms with Gasteiger partial charge in [0.25, 0.3) is 0 Å². The first kappa shape index (κ1) is 19.4. The van der Waals surface area contributed by atoms with Crippen molar-refractivity contribution in [1.29, 1.82) is 0 Å². The van der Waals surface area contributed by atoms with Crippen molar-refractivity contribution in [2.75, 3.05) is 6.54 Å². The molecule has 2 fully saturated rings. The van der Waals surface area contributed by atoms with Crippen LogP contribution >= 0.6 is 0 Å². The Morgan fingerprint density at radius 1 is 1.10 bits per heavy atom. The van der Waals surface area contributed by atoms with Gasteiger partial charge in [-0.2, -0.15) is 0 Å². The Bertz CT molecular complexity index is 1040. The molecule has 29 heavy (non-hydrogen) atoms. The molecule has 0 N–H and O–H groups in total. The smallest absolute Gasteiger partial charge is 0.336 e. The average Bonchev–Trinajstić information content (AvgIpc) is 2.94. The van der Waals surface area contributed by atoms with E-state index in [-0.39, 0.29) is 36.8 Å². The summed E-state index contributed by atoms with van der Waals surface area (Å²) in [5.41, 5.74) is 2.31. The first-order valence-electron chi connectivity index (χ1n) is 9.90. The summed E-state index contributed by atoms with van der Waals surface area (Å²) in [6, 6.07) is 5.03. The first-order chi connectivity index (χ1) is 13.9. The molecular formula is C22H23NO6. The van der Waals surface area contributed by atoms with Crippen LogP contribution in [0.4, 0.5) is 0 Å². The lowest BCUT2D eigenvalue weighted by atomic mass is 9.81. The number of hydrogen-bond donors (Lipinski definition) is 0. The fourth-order valence-corrected chi connectivity index (χ4v) is 4.36. The van der Waals surface area contributed by atoms with Crippen molar-refractivity contribution in [3.63, 3.8) is 0 Å². The van der Waals surface area contributed by atoms with Gasteiger partial charge in [-0.3, -0.25) is 19.3 Å². The summed E-state index contributed by atoms with van der Waals surface area (Å²) in [4.78, 5) is 50.3. The fraction of sp³-hybridized carbons (Fsp3) is 0.455. The zero-order chi connectivity index (χ0) is 20.7. The summed E-state index contributed by atoms with van der Waals surface area (Å²) in [5, 5.41) is 0.694. The molecule has 7 heteroatoms. The highest BCUT2D eigenvalue weighted by Crippen LogP contribution is 2.37. The quantitative estimate of drug-likeness (QED) is 0.447. The molecule has 2 aliphatic rings. The number of aryl methyl sites for hydroxylation is 2. The predicted molar refractivity (Wildman–Crippen MR) is 104 cm³/mol. The molecule has 152 valence electrons.